The topological polar surface area (TPSA) is 46.8 Å². The molecule has 1 fully saturated rings. The van der Waals surface area contributed by atoms with E-state index in [1.807, 2.05) is 6.92 Å². The summed E-state index contributed by atoms with van der Waals surface area (Å²) >= 11 is 0. The van der Waals surface area contributed by atoms with E-state index in [4.69, 9.17) is 0 Å². The molecule has 0 amide bonds. The number of hydrogen-bond acceptors (Lipinski definition) is 4. The predicted molar refractivity (Wildman–Crippen MR) is 48.3 cm³/mol. The Kier molecular flexibility index (Phi) is 2.26. The Morgan fingerprint density at radius 2 is 2.31 bits per heavy atom. The molecule has 0 bridgehead atoms. The predicted octanol–water partition coefficient (Wildman–Crippen LogP) is 0.248. The molecule has 1 atom stereocenters. The third kappa shape index (κ3) is 1.85. The summed E-state index contributed by atoms with van der Waals surface area (Å²) in [5.74, 6) is 0.758. The van der Waals surface area contributed by atoms with Crippen molar-refractivity contribution in [3.8, 4) is 0 Å². The molecule has 2 rings (SSSR count). The third-order valence-corrected chi connectivity index (χ3v) is 2.45. The molecule has 5 nitrogen and oxygen atoms in total. The van der Waals surface area contributed by atoms with Gasteiger partial charge in [-0.1, -0.05) is 0 Å². The lowest BCUT2D eigenvalue weighted by Gasteiger charge is -2.28. The summed E-state index contributed by atoms with van der Waals surface area (Å²) in [5, 5.41) is 12.1. The number of rotatable bonds is 1. The molecule has 1 aromatic heterocycles. The number of piperidine rings is 1. The van der Waals surface area contributed by atoms with Gasteiger partial charge in [0.1, 0.15) is 0 Å². The molecule has 0 saturated carbocycles. The molecule has 5 heteroatoms. The second-order valence-electron chi connectivity index (χ2n) is 3.72. The van der Waals surface area contributed by atoms with E-state index in [-0.39, 0.29) is 0 Å². The summed E-state index contributed by atoms with van der Waals surface area (Å²) in [7, 11) is 2.13. The zero-order chi connectivity index (χ0) is 9.26. The monoisotopic (exact) mass is 181 g/mol. The van der Waals surface area contributed by atoms with Crippen molar-refractivity contribution in [3.63, 3.8) is 0 Å². The zero-order valence-electron chi connectivity index (χ0n) is 8.14. The number of aromatic nitrogens is 4. The fourth-order valence-electron chi connectivity index (χ4n) is 1.78. The molecule has 1 aliphatic rings. The van der Waals surface area contributed by atoms with E-state index < -0.39 is 0 Å². The van der Waals surface area contributed by atoms with Crippen molar-refractivity contribution in [2.45, 2.75) is 25.8 Å². The number of likely N-dealkylation sites (N-methyl/N-ethyl adjacent to an activating group) is 1. The molecular weight excluding hydrogens is 166 g/mol. The van der Waals surface area contributed by atoms with Gasteiger partial charge in [-0.05, 0) is 38.6 Å². The highest BCUT2D eigenvalue weighted by atomic mass is 15.6. The van der Waals surface area contributed by atoms with Crippen molar-refractivity contribution in [1.82, 2.24) is 25.1 Å². The Morgan fingerprint density at radius 1 is 1.46 bits per heavy atom. The molecule has 1 saturated heterocycles. The van der Waals surface area contributed by atoms with E-state index in [1.54, 1.807) is 4.80 Å². The van der Waals surface area contributed by atoms with Gasteiger partial charge in [-0.15, -0.1) is 10.2 Å². The number of aryl methyl sites for hydroxylation is 1. The van der Waals surface area contributed by atoms with Crippen LogP contribution < -0.4 is 0 Å². The molecule has 0 aliphatic carbocycles. The fourth-order valence-corrected chi connectivity index (χ4v) is 1.78. The van der Waals surface area contributed by atoms with Gasteiger partial charge in [-0.3, -0.25) is 0 Å². The van der Waals surface area contributed by atoms with Gasteiger partial charge < -0.3 is 4.90 Å². The Labute approximate surface area is 77.7 Å². The molecule has 0 aromatic carbocycles. The summed E-state index contributed by atoms with van der Waals surface area (Å²) < 4.78 is 0. The van der Waals surface area contributed by atoms with Crippen LogP contribution in [0.3, 0.4) is 0 Å². The largest absolute Gasteiger partial charge is 0.304 e. The number of tetrazole rings is 1. The quantitative estimate of drug-likeness (QED) is 0.623. The summed E-state index contributed by atoms with van der Waals surface area (Å²) in [5.41, 5.74) is 0. The van der Waals surface area contributed by atoms with Crippen LogP contribution >= 0.6 is 0 Å². The van der Waals surface area contributed by atoms with Crippen molar-refractivity contribution < 1.29 is 0 Å². The van der Waals surface area contributed by atoms with E-state index in [0.717, 1.165) is 12.4 Å². The smallest absolute Gasteiger partial charge is 0.171 e. The van der Waals surface area contributed by atoms with Gasteiger partial charge in [0.15, 0.2) is 5.82 Å². The Bertz CT molecular complexity index is 282. The van der Waals surface area contributed by atoms with Crippen LogP contribution in [0, 0.1) is 6.92 Å². The molecular formula is C8H15N5. The lowest BCUT2D eigenvalue weighted by Crippen LogP contribution is -2.34. The van der Waals surface area contributed by atoms with Gasteiger partial charge >= 0.3 is 0 Å². The number of likely N-dealkylation sites (tertiary alicyclic amines) is 1. The summed E-state index contributed by atoms with van der Waals surface area (Å²) in [4.78, 5) is 4.07. The minimum atomic E-state index is 0.417. The highest BCUT2D eigenvalue weighted by Crippen LogP contribution is 2.17. The minimum Gasteiger partial charge on any atom is -0.304 e. The van der Waals surface area contributed by atoms with E-state index in [2.05, 4.69) is 27.4 Å². The maximum absolute atomic E-state index is 4.24. The molecule has 13 heavy (non-hydrogen) atoms. The van der Waals surface area contributed by atoms with Crippen molar-refractivity contribution in [3.05, 3.63) is 5.82 Å². The first-order chi connectivity index (χ1) is 6.25. The third-order valence-electron chi connectivity index (χ3n) is 2.45. The maximum Gasteiger partial charge on any atom is 0.171 e. The molecule has 1 aromatic rings. The molecule has 2 heterocycles. The van der Waals surface area contributed by atoms with Gasteiger partial charge in [0.2, 0.25) is 0 Å². The Balaban J connectivity index is 2.08. The summed E-state index contributed by atoms with van der Waals surface area (Å²) in [6.07, 6.45) is 2.39. The first-order valence-electron chi connectivity index (χ1n) is 4.70. The second-order valence-corrected chi connectivity index (χ2v) is 3.72. The second kappa shape index (κ2) is 3.41. The first kappa shape index (κ1) is 8.62. The minimum absolute atomic E-state index is 0.417. The van der Waals surface area contributed by atoms with E-state index >= 15 is 0 Å². The average Bonchev–Trinajstić information content (AvgIpc) is 2.52. The lowest BCUT2D eigenvalue weighted by molar-refractivity contribution is 0.189. The van der Waals surface area contributed by atoms with Crippen LogP contribution in [0.15, 0.2) is 0 Å². The maximum atomic E-state index is 4.24. The van der Waals surface area contributed by atoms with E-state index in [1.165, 1.54) is 19.4 Å². The Morgan fingerprint density at radius 3 is 2.92 bits per heavy atom. The Hall–Kier alpha value is -0.970. The number of hydrogen-bond donors (Lipinski definition) is 0. The molecule has 0 N–H and O–H groups in total. The van der Waals surface area contributed by atoms with Gasteiger partial charge in [-0.25, -0.2) is 0 Å². The molecule has 0 spiro atoms. The van der Waals surface area contributed by atoms with Crippen LogP contribution in [0.25, 0.3) is 0 Å². The molecule has 1 aliphatic heterocycles. The lowest BCUT2D eigenvalue weighted by atomic mass is 10.1. The molecule has 1 unspecified atom stereocenters. The van der Waals surface area contributed by atoms with Crippen LogP contribution in [0.4, 0.5) is 0 Å². The molecule has 72 valence electrons. The van der Waals surface area contributed by atoms with Crippen LogP contribution in [0.5, 0.6) is 0 Å². The van der Waals surface area contributed by atoms with Crippen molar-refractivity contribution >= 4 is 0 Å². The van der Waals surface area contributed by atoms with Gasteiger partial charge in [-0.2, -0.15) is 4.80 Å². The van der Waals surface area contributed by atoms with Crippen LogP contribution in [-0.2, 0) is 0 Å². The SMILES string of the molecule is Cc1nnn(C2CCCN(C)C2)n1. The first-order valence-corrected chi connectivity index (χ1v) is 4.70. The fraction of sp³-hybridized carbons (Fsp3) is 0.875. The van der Waals surface area contributed by atoms with Crippen molar-refractivity contribution in [1.29, 1.82) is 0 Å². The number of nitrogens with zero attached hydrogens (tertiary/aromatic N) is 5. The van der Waals surface area contributed by atoms with Crippen molar-refractivity contribution in [2.24, 2.45) is 0 Å². The van der Waals surface area contributed by atoms with Crippen LogP contribution in [0.2, 0.25) is 0 Å². The highest BCUT2D eigenvalue weighted by molar-refractivity contribution is 4.75. The average molecular weight is 181 g/mol. The standard InChI is InChI=1S/C8H15N5/c1-7-9-11-13(10-7)8-4-3-5-12(2)6-8/h8H,3-6H2,1-2H3. The van der Waals surface area contributed by atoms with E-state index in [9.17, 15) is 0 Å². The van der Waals surface area contributed by atoms with Crippen molar-refractivity contribution in [2.75, 3.05) is 20.1 Å². The van der Waals surface area contributed by atoms with Gasteiger partial charge in [0.05, 0.1) is 6.04 Å². The van der Waals surface area contributed by atoms with Crippen LogP contribution in [0.1, 0.15) is 24.7 Å². The van der Waals surface area contributed by atoms with Gasteiger partial charge in [0.25, 0.3) is 0 Å². The van der Waals surface area contributed by atoms with Gasteiger partial charge in [0, 0.05) is 6.54 Å². The van der Waals surface area contributed by atoms with Crippen LogP contribution in [-0.4, -0.2) is 45.2 Å². The zero-order valence-corrected chi connectivity index (χ0v) is 8.14. The van der Waals surface area contributed by atoms with E-state index in [0.29, 0.717) is 6.04 Å². The summed E-state index contributed by atoms with van der Waals surface area (Å²) in [6.45, 7) is 4.09. The highest BCUT2D eigenvalue weighted by Gasteiger charge is 2.20. The normalized spacial score (nSPS) is 24.9. The molecule has 0 radical (unpaired) electrons. The summed E-state index contributed by atoms with van der Waals surface area (Å²) in [6, 6.07) is 0.417.